The highest BCUT2D eigenvalue weighted by Gasteiger charge is 2.30. The Morgan fingerprint density at radius 1 is 1.48 bits per heavy atom. The van der Waals surface area contributed by atoms with Crippen molar-refractivity contribution in [3.63, 3.8) is 0 Å². The number of rotatable bonds is 4. The Kier molecular flexibility index (Phi) is 5.12. The quantitative estimate of drug-likeness (QED) is 0.866. The van der Waals surface area contributed by atoms with Crippen molar-refractivity contribution < 1.29 is 27.5 Å². The second-order valence-electron chi connectivity index (χ2n) is 5.23. The van der Waals surface area contributed by atoms with Crippen LogP contribution in [0.5, 0.6) is 0 Å². The van der Waals surface area contributed by atoms with E-state index in [1.807, 2.05) is 12.4 Å². The number of aryl methyl sites for hydroxylation is 1. The lowest BCUT2D eigenvalue weighted by Gasteiger charge is -2.23. The first-order valence-corrected chi connectivity index (χ1v) is 7.04. The number of hydrogen-bond donors (Lipinski definition) is 2. The van der Waals surface area contributed by atoms with Crippen LogP contribution in [0.25, 0.3) is 0 Å². The van der Waals surface area contributed by atoms with Gasteiger partial charge in [-0.25, -0.2) is 4.79 Å². The van der Waals surface area contributed by atoms with Crippen molar-refractivity contribution in [3.05, 3.63) is 17.5 Å². The van der Waals surface area contributed by atoms with Crippen molar-refractivity contribution in [1.82, 2.24) is 20.4 Å². The van der Waals surface area contributed by atoms with Gasteiger partial charge in [0.15, 0.2) is 6.61 Å². The van der Waals surface area contributed by atoms with E-state index in [1.165, 1.54) is 0 Å². The van der Waals surface area contributed by atoms with Gasteiger partial charge >= 0.3 is 12.3 Å². The molecule has 1 aromatic heterocycles. The molecule has 0 bridgehead atoms. The zero-order valence-electron chi connectivity index (χ0n) is 12.4. The maximum Gasteiger partial charge on any atom is 0.422 e. The topological polar surface area (TPSA) is 85.3 Å². The summed E-state index contributed by atoms with van der Waals surface area (Å²) in [5.74, 6) is -0.504. The summed E-state index contributed by atoms with van der Waals surface area (Å²) in [5.41, 5.74) is 1.96. The van der Waals surface area contributed by atoms with Crippen molar-refractivity contribution in [2.45, 2.75) is 31.5 Å². The van der Waals surface area contributed by atoms with Crippen LogP contribution in [-0.2, 0) is 23.0 Å². The standard InChI is InChI=1S/C13H17F3N4O3/c1-20-10-4-2-3-9(8(10)5-18-20)19-11(21)6-17-12(22)23-7-13(14,15)16/h5,9H,2-4,6-7H2,1H3,(H,17,22)(H,19,21)/t9-/m1/s1. The number of halogens is 3. The molecular weight excluding hydrogens is 317 g/mol. The van der Waals surface area contributed by atoms with E-state index >= 15 is 0 Å². The maximum atomic E-state index is 11.9. The average molecular weight is 334 g/mol. The first kappa shape index (κ1) is 17.1. The van der Waals surface area contributed by atoms with Crippen molar-refractivity contribution in [3.8, 4) is 0 Å². The molecule has 2 amide bonds. The summed E-state index contributed by atoms with van der Waals surface area (Å²) in [5, 5.41) is 8.86. The van der Waals surface area contributed by atoms with Crippen LogP contribution in [0.2, 0.25) is 0 Å². The summed E-state index contributed by atoms with van der Waals surface area (Å²) < 4.78 is 41.3. The van der Waals surface area contributed by atoms with Crippen LogP contribution >= 0.6 is 0 Å². The van der Waals surface area contributed by atoms with Gasteiger partial charge in [0.1, 0.15) is 6.54 Å². The summed E-state index contributed by atoms with van der Waals surface area (Å²) in [6.07, 6.45) is -1.70. The number of nitrogens with one attached hydrogen (secondary N) is 2. The Bertz CT molecular complexity index is 586. The number of carbonyl (C=O) groups excluding carboxylic acids is 2. The molecule has 1 heterocycles. The van der Waals surface area contributed by atoms with Gasteiger partial charge in [0, 0.05) is 18.3 Å². The lowest BCUT2D eigenvalue weighted by Crippen LogP contribution is -2.40. The zero-order chi connectivity index (χ0) is 17.0. The number of amides is 2. The molecule has 0 radical (unpaired) electrons. The molecule has 10 heteroatoms. The molecule has 0 aromatic carbocycles. The van der Waals surface area contributed by atoms with Crippen molar-refractivity contribution in [2.24, 2.45) is 7.05 Å². The molecule has 7 nitrogen and oxygen atoms in total. The first-order chi connectivity index (χ1) is 10.8. The third-order valence-electron chi connectivity index (χ3n) is 3.47. The van der Waals surface area contributed by atoms with Gasteiger partial charge in [-0.2, -0.15) is 18.3 Å². The molecular formula is C13H17F3N4O3. The molecule has 0 fully saturated rings. The largest absolute Gasteiger partial charge is 0.440 e. The molecule has 0 saturated carbocycles. The molecule has 1 atom stereocenters. The monoisotopic (exact) mass is 334 g/mol. The van der Waals surface area contributed by atoms with E-state index in [0.717, 1.165) is 30.5 Å². The molecule has 1 aromatic rings. The van der Waals surface area contributed by atoms with E-state index in [4.69, 9.17) is 0 Å². The fourth-order valence-corrected chi connectivity index (χ4v) is 2.45. The SMILES string of the molecule is Cn1ncc2c1CCC[C@H]2NC(=O)CNC(=O)OCC(F)(F)F. The van der Waals surface area contributed by atoms with Crippen LogP contribution in [0, 0.1) is 0 Å². The minimum Gasteiger partial charge on any atom is -0.440 e. The van der Waals surface area contributed by atoms with Gasteiger partial charge in [-0.15, -0.1) is 0 Å². The third-order valence-corrected chi connectivity index (χ3v) is 3.47. The summed E-state index contributed by atoms with van der Waals surface area (Å²) >= 11 is 0. The first-order valence-electron chi connectivity index (χ1n) is 7.04. The average Bonchev–Trinajstić information content (AvgIpc) is 2.85. The number of ether oxygens (including phenoxy) is 1. The number of carbonyl (C=O) groups is 2. The highest BCUT2D eigenvalue weighted by Crippen LogP contribution is 2.28. The Balaban J connectivity index is 1.79. The van der Waals surface area contributed by atoms with E-state index in [-0.39, 0.29) is 6.04 Å². The zero-order valence-corrected chi connectivity index (χ0v) is 12.4. The number of hydrogen-bond acceptors (Lipinski definition) is 4. The van der Waals surface area contributed by atoms with Crippen LogP contribution in [0.15, 0.2) is 6.20 Å². The number of alkyl carbamates (subject to hydrolysis) is 1. The van der Waals surface area contributed by atoms with Gasteiger partial charge < -0.3 is 15.4 Å². The van der Waals surface area contributed by atoms with Gasteiger partial charge in [0.2, 0.25) is 5.91 Å². The van der Waals surface area contributed by atoms with Crippen molar-refractivity contribution >= 4 is 12.0 Å². The molecule has 2 rings (SSSR count). The summed E-state index contributed by atoms with van der Waals surface area (Å²) in [7, 11) is 1.82. The molecule has 0 spiro atoms. The molecule has 2 N–H and O–H groups in total. The van der Waals surface area contributed by atoms with Crippen LogP contribution in [-0.4, -0.2) is 41.1 Å². The van der Waals surface area contributed by atoms with Crippen LogP contribution in [0.1, 0.15) is 30.1 Å². The van der Waals surface area contributed by atoms with Crippen LogP contribution in [0.3, 0.4) is 0 Å². The minimum atomic E-state index is -4.60. The molecule has 0 saturated heterocycles. The number of aromatic nitrogens is 2. The lowest BCUT2D eigenvalue weighted by atomic mass is 9.93. The third kappa shape index (κ3) is 4.86. The Morgan fingerprint density at radius 3 is 2.91 bits per heavy atom. The fourth-order valence-electron chi connectivity index (χ4n) is 2.45. The molecule has 128 valence electrons. The molecule has 0 aliphatic heterocycles. The van der Waals surface area contributed by atoms with Gasteiger partial charge in [-0.05, 0) is 19.3 Å². The molecule has 1 aliphatic rings. The molecule has 1 aliphatic carbocycles. The smallest absolute Gasteiger partial charge is 0.422 e. The second-order valence-corrected chi connectivity index (χ2v) is 5.23. The Hall–Kier alpha value is -2.26. The Labute approximate surface area is 130 Å². The normalized spacial score (nSPS) is 17.3. The summed E-state index contributed by atoms with van der Waals surface area (Å²) in [6, 6.07) is -0.215. The highest BCUT2D eigenvalue weighted by molar-refractivity contribution is 5.82. The van der Waals surface area contributed by atoms with E-state index in [9.17, 15) is 22.8 Å². The van der Waals surface area contributed by atoms with E-state index in [2.05, 4.69) is 15.2 Å². The van der Waals surface area contributed by atoms with Gasteiger partial charge in [-0.3, -0.25) is 9.48 Å². The molecule has 0 unspecified atom stereocenters. The number of fused-ring (bicyclic) bond motifs is 1. The van der Waals surface area contributed by atoms with Crippen LogP contribution < -0.4 is 10.6 Å². The van der Waals surface area contributed by atoms with Crippen LogP contribution in [0.4, 0.5) is 18.0 Å². The van der Waals surface area contributed by atoms with E-state index in [1.54, 1.807) is 10.9 Å². The van der Waals surface area contributed by atoms with Crippen molar-refractivity contribution in [1.29, 1.82) is 0 Å². The Morgan fingerprint density at radius 2 is 2.22 bits per heavy atom. The van der Waals surface area contributed by atoms with Gasteiger partial charge in [-0.1, -0.05) is 0 Å². The highest BCUT2D eigenvalue weighted by atomic mass is 19.4. The van der Waals surface area contributed by atoms with Gasteiger partial charge in [0.25, 0.3) is 0 Å². The maximum absolute atomic E-state index is 11.9. The van der Waals surface area contributed by atoms with E-state index in [0.29, 0.717) is 0 Å². The van der Waals surface area contributed by atoms with E-state index < -0.39 is 31.3 Å². The number of alkyl halides is 3. The second kappa shape index (κ2) is 6.88. The fraction of sp³-hybridized carbons (Fsp3) is 0.615. The molecule has 23 heavy (non-hydrogen) atoms. The lowest BCUT2D eigenvalue weighted by molar-refractivity contribution is -0.160. The number of nitrogens with zero attached hydrogens (tertiary/aromatic N) is 2. The van der Waals surface area contributed by atoms with Gasteiger partial charge in [0.05, 0.1) is 12.2 Å². The predicted molar refractivity (Wildman–Crippen MR) is 72.4 cm³/mol. The summed E-state index contributed by atoms with van der Waals surface area (Å²) in [4.78, 5) is 22.9. The minimum absolute atomic E-state index is 0.215. The summed E-state index contributed by atoms with van der Waals surface area (Å²) in [6.45, 7) is -2.15. The predicted octanol–water partition coefficient (Wildman–Crippen LogP) is 1.20. The van der Waals surface area contributed by atoms with Crippen molar-refractivity contribution in [2.75, 3.05) is 13.2 Å².